The number of likely N-dealkylation sites (tertiary alicyclic amines) is 1. The third-order valence-electron chi connectivity index (χ3n) is 6.53. The first-order valence-electron chi connectivity index (χ1n) is 11.9. The van der Waals surface area contributed by atoms with Crippen LogP contribution in [0.5, 0.6) is 5.75 Å². The zero-order chi connectivity index (χ0) is 26.3. The van der Waals surface area contributed by atoms with E-state index in [1.807, 2.05) is 30.3 Å². The molecule has 1 amide bonds. The molecule has 0 spiro atoms. The number of alkyl halides is 3. The second-order valence-corrected chi connectivity index (χ2v) is 8.99. The minimum absolute atomic E-state index is 0.00642. The van der Waals surface area contributed by atoms with E-state index < -0.39 is 17.9 Å². The average molecular weight is 511 g/mol. The molecule has 2 aromatic carbocycles. The van der Waals surface area contributed by atoms with Gasteiger partial charge in [-0.3, -0.25) is 4.79 Å². The Morgan fingerprint density at radius 3 is 2.57 bits per heavy atom. The normalized spacial score (nSPS) is 16.8. The Labute approximate surface area is 211 Å². The topological polar surface area (TPSA) is 94.5 Å². The standard InChI is InChI=1S/C27H25F3N4O3/c1-15(31)24-23(26(35)34-14-6-9-19(34)16-7-4-3-5-8-16)33-25(37-24)18-10-12-20(36-2)22-17(18)11-13-21(32-22)27(28,29)30/h3-5,7-8,10-13,15,19H,6,9,14,31H2,1-2H3/t15-,19+/m0/s1. The van der Waals surface area contributed by atoms with Gasteiger partial charge in [-0.15, -0.1) is 0 Å². The predicted octanol–water partition coefficient (Wildman–Crippen LogP) is 5.91. The average Bonchev–Trinajstić information content (AvgIpc) is 3.55. The molecule has 0 saturated carbocycles. The van der Waals surface area contributed by atoms with Gasteiger partial charge in [0, 0.05) is 17.5 Å². The van der Waals surface area contributed by atoms with Crippen LogP contribution < -0.4 is 10.5 Å². The van der Waals surface area contributed by atoms with Gasteiger partial charge >= 0.3 is 6.18 Å². The Morgan fingerprint density at radius 1 is 1.14 bits per heavy atom. The number of carbonyl (C=O) groups is 1. The summed E-state index contributed by atoms with van der Waals surface area (Å²) >= 11 is 0. The first-order valence-corrected chi connectivity index (χ1v) is 11.9. The molecular formula is C27H25F3N4O3. The van der Waals surface area contributed by atoms with Crippen LogP contribution in [0.25, 0.3) is 22.4 Å². The highest BCUT2D eigenvalue weighted by Crippen LogP contribution is 2.39. The van der Waals surface area contributed by atoms with Crippen LogP contribution in [0.15, 0.2) is 59.0 Å². The first kappa shape index (κ1) is 24.8. The fourth-order valence-corrected chi connectivity index (χ4v) is 4.78. The number of aromatic nitrogens is 2. The van der Waals surface area contributed by atoms with E-state index >= 15 is 0 Å². The lowest BCUT2D eigenvalue weighted by Gasteiger charge is -2.24. The van der Waals surface area contributed by atoms with Gasteiger partial charge in [-0.25, -0.2) is 9.97 Å². The van der Waals surface area contributed by atoms with E-state index in [4.69, 9.17) is 14.9 Å². The van der Waals surface area contributed by atoms with Gasteiger partial charge in [0.1, 0.15) is 17.0 Å². The van der Waals surface area contributed by atoms with Gasteiger partial charge in [-0.1, -0.05) is 30.3 Å². The summed E-state index contributed by atoms with van der Waals surface area (Å²) in [5, 5.41) is 0.340. The van der Waals surface area contributed by atoms with Gasteiger partial charge < -0.3 is 19.8 Å². The quantitative estimate of drug-likeness (QED) is 0.359. The van der Waals surface area contributed by atoms with Crippen LogP contribution in [0.3, 0.4) is 0 Å². The van der Waals surface area contributed by atoms with Gasteiger partial charge in [-0.05, 0) is 49.6 Å². The number of amides is 1. The van der Waals surface area contributed by atoms with Crippen molar-refractivity contribution in [1.29, 1.82) is 0 Å². The minimum atomic E-state index is -4.62. The molecule has 5 rings (SSSR count). The van der Waals surface area contributed by atoms with Crippen LogP contribution in [0.1, 0.15) is 59.4 Å². The lowest BCUT2D eigenvalue weighted by Crippen LogP contribution is -2.32. The summed E-state index contributed by atoms with van der Waals surface area (Å²) in [7, 11) is 1.35. The molecule has 0 aliphatic carbocycles. The number of carbonyl (C=O) groups excluding carboxylic acids is 1. The fourth-order valence-electron chi connectivity index (χ4n) is 4.78. The molecular weight excluding hydrogens is 485 g/mol. The van der Waals surface area contributed by atoms with Gasteiger partial charge in [-0.2, -0.15) is 13.2 Å². The zero-order valence-electron chi connectivity index (χ0n) is 20.2. The van der Waals surface area contributed by atoms with Crippen molar-refractivity contribution in [3.63, 3.8) is 0 Å². The summed E-state index contributed by atoms with van der Waals surface area (Å²) in [5.74, 6) is 0.148. The fraction of sp³-hybridized carbons (Fsp3) is 0.296. The SMILES string of the molecule is COc1ccc(-c2nc(C(=O)N3CCC[C@@H]3c3ccccc3)c([C@H](C)N)o2)c2ccc(C(F)(F)F)nc12. The maximum atomic E-state index is 13.7. The Kier molecular flexibility index (Phi) is 6.36. The molecule has 1 aliphatic heterocycles. The van der Waals surface area contributed by atoms with E-state index in [0.29, 0.717) is 17.5 Å². The molecule has 37 heavy (non-hydrogen) atoms. The second-order valence-electron chi connectivity index (χ2n) is 8.99. The number of ether oxygens (including phenoxy) is 1. The van der Waals surface area contributed by atoms with Crippen molar-refractivity contribution in [3.05, 3.63) is 77.3 Å². The smallest absolute Gasteiger partial charge is 0.433 e. The van der Waals surface area contributed by atoms with Gasteiger partial charge in [0.2, 0.25) is 5.89 Å². The van der Waals surface area contributed by atoms with E-state index in [-0.39, 0.29) is 40.6 Å². The van der Waals surface area contributed by atoms with E-state index in [0.717, 1.165) is 24.5 Å². The summed E-state index contributed by atoms with van der Waals surface area (Å²) in [4.78, 5) is 23.8. The Morgan fingerprint density at radius 2 is 1.89 bits per heavy atom. The van der Waals surface area contributed by atoms with Gasteiger partial charge in [0.05, 0.1) is 19.2 Å². The van der Waals surface area contributed by atoms with E-state index in [1.165, 1.54) is 19.2 Å². The van der Waals surface area contributed by atoms with Crippen LogP contribution in [0.4, 0.5) is 13.2 Å². The predicted molar refractivity (Wildman–Crippen MR) is 131 cm³/mol. The number of benzene rings is 2. The maximum Gasteiger partial charge on any atom is 0.433 e. The Hall–Kier alpha value is -3.92. The van der Waals surface area contributed by atoms with Crippen LogP contribution in [-0.4, -0.2) is 34.4 Å². The second kappa shape index (κ2) is 9.51. The highest BCUT2D eigenvalue weighted by atomic mass is 19.4. The lowest BCUT2D eigenvalue weighted by molar-refractivity contribution is -0.140. The molecule has 3 heterocycles. The molecule has 192 valence electrons. The summed E-state index contributed by atoms with van der Waals surface area (Å²) < 4.78 is 51.2. The van der Waals surface area contributed by atoms with E-state index in [2.05, 4.69) is 9.97 Å². The Balaban J connectivity index is 1.59. The highest BCUT2D eigenvalue weighted by Gasteiger charge is 2.36. The summed E-state index contributed by atoms with van der Waals surface area (Å²) in [6.45, 7) is 2.25. The number of nitrogens with zero attached hydrogens (tertiary/aromatic N) is 3. The number of rotatable bonds is 5. The van der Waals surface area contributed by atoms with E-state index in [9.17, 15) is 18.0 Å². The molecule has 2 aromatic heterocycles. The number of nitrogens with two attached hydrogens (primary N) is 1. The lowest BCUT2D eigenvalue weighted by atomic mass is 10.0. The highest BCUT2D eigenvalue weighted by molar-refractivity contribution is 5.98. The van der Waals surface area contributed by atoms with Crippen molar-refractivity contribution in [2.75, 3.05) is 13.7 Å². The first-order chi connectivity index (χ1) is 17.7. The maximum absolute atomic E-state index is 13.7. The summed E-state index contributed by atoms with van der Waals surface area (Å²) in [6.07, 6.45) is -2.95. The number of hydrogen-bond donors (Lipinski definition) is 1. The number of methoxy groups -OCH3 is 1. The number of pyridine rings is 1. The molecule has 2 N–H and O–H groups in total. The van der Waals surface area contributed by atoms with Crippen molar-refractivity contribution in [1.82, 2.24) is 14.9 Å². The molecule has 1 fully saturated rings. The number of fused-ring (bicyclic) bond motifs is 1. The largest absolute Gasteiger partial charge is 0.494 e. The van der Waals surface area contributed by atoms with Crippen molar-refractivity contribution < 1.29 is 27.1 Å². The van der Waals surface area contributed by atoms with Crippen LogP contribution in [-0.2, 0) is 6.18 Å². The van der Waals surface area contributed by atoms with Crippen LogP contribution in [0.2, 0.25) is 0 Å². The monoisotopic (exact) mass is 510 g/mol. The number of hydrogen-bond acceptors (Lipinski definition) is 6. The molecule has 1 saturated heterocycles. The van der Waals surface area contributed by atoms with Crippen LogP contribution in [0, 0.1) is 0 Å². The van der Waals surface area contributed by atoms with Crippen molar-refractivity contribution in [2.24, 2.45) is 5.73 Å². The Bertz CT molecular complexity index is 1450. The molecule has 0 unspecified atom stereocenters. The molecule has 0 bridgehead atoms. The summed E-state index contributed by atoms with van der Waals surface area (Å²) in [5.41, 5.74) is 6.62. The van der Waals surface area contributed by atoms with Crippen LogP contribution >= 0.6 is 0 Å². The minimum Gasteiger partial charge on any atom is -0.494 e. The number of halogens is 3. The third kappa shape index (κ3) is 4.53. The van der Waals surface area contributed by atoms with Gasteiger partial charge in [0.25, 0.3) is 5.91 Å². The van der Waals surface area contributed by atoms with Gasteiger partial charge in [0.15, 0.2) is 11.5 Å². The van der Waals surface area contributed by atoms with E-state index in [1.54, 1.807) is 17.9 Å². The third-order valence-corrected chi connectivity index (χ3v) is 6.53. The number of oxazole rings is 1. The molecule has 4 aromatic rings. The molecule has 2 atom stereocenters. The molecule has 0 radical (unpaired) electrons. The van der Waals surface area contributed by atoms with Crippen molar-refractivity contribution in [3.8, 4) is 17.2 Å². The molecule has 7 nitrogen and oxygen atoms in total. The van der Waals surface area contributed by atoms with Crippen molar-refractivity contribution >= 4 is 16.8 Å². The summed E-state index contributed by atoms with van der Waals surface area (Å²) in [6, 6.07) is 14.3. The van der Waals surface area contributed by atoms with Crippen molar-refractivity contribution in [2.45, 2.75) is 38.0 Å². The molecule has 10 heteroatoms. The molecule has 1 aliphatic rings. The zero-order valence-corrected chi connectivity index (χ0v) is 20.2.